The zero-order chi connectivity index (χ0) is 12.1. The van der Waals surface area contributed by atoms with Crippen molar-refractivity contribution in [1.82, 2.24) is 0 Å². The number of hydrogen-bond acceptors (Lipinski definition) is 3. The van der Waals surface area contributed by atoms with Crippen molar-refractivity contribution in [1.29, 1.82) is 0 Å². The highest BCUT2D eigenvalue weighted by Crippen LogP contribution is 2.22. The van der Waals surface area contributed by atoms with Gasteiger partial charge in [0.25, 0.3) is 0 Å². The fourth-order valence-corrected chi connectivity index (χ4v) is 1.67. The second-order valence-corrected chi connectivity index (χ2v) is 3.62. The van der Waals surface area contributed by atoms with E-state index in [4.69, 9.17) is 9.15 Å². The van der Waals surface area contributed by atoms with Crippen molar-refractivity contribution in [3.05, 3.63) is 60.1 Å². The molecule has 0 aliphatic rings. The average molecular weight is 230 g/mol. The van der Waals surface area contributed by atoms with E-state index in [0.29, 0.717) is 12.2 Å². The minimum Gasteiger partial charge on any atom is -0.472 e. The van der Waals surface area contributed by atoms with Crippen molar-refractivity contribution >= 4 is 5.78 Å². The van der Waals surface area contributed by atoms with Gasteiger partial charge in [-0.2, -0.15) is 0 Å². The maximum absolute atomic E-state index is 12.2. The summed E-state index contributed by atoms with van der Waals surface area (Å²) in [5.41, 5.74) is 1.40. The Labute approximate surface area is 100 Å². The van der Waals surface area contributed by atoms with Crippen LogP contribution in [-0.4, -0.2) is 12.4 Å². The molecule has 0 amide bonds. The Morgan fingerprint density at radius 1 is 1.29 bits per heavy atom. The van der Waals surface area contributed by atoms with Gasteiger partial charge in [0.1, 0.15) is 12.4 Å². The topological polar surface area (TPSA) is 39.4 Å². The molecule has 0 bridgehead atoms. The molecule has 0 saturated carbocycles. The van der Waals surface area contributed by atoms with Crippen LogP contribution in [0.4, 0.5) is 0 Å². The SMILES string of the molecule is CCOC(C(=O)c1ccoc1)c1ccccc1. The first-order chi connectivity index (χ1) is 8.33. The monoisotopic (exact) mass is 230 g/mol. The molecule has 1 atom stereocenters. The summed E-state index contributed by atoms with van der Waals surface area (Å²) in [6, 6.07) is 11.1. The third-order valence-corrected chi connectivity index (χ3v) is 2.48. The third kappa shape index (κ3) is 2.63. The van der Waals surface area contributed by atoms with E-state index in [2.05, 4.69) is 0 Å². The normalized spacial score (nSPS) is 12.3. The molecule has 0 saturated heterocycles. The molecular formula is C14H14O3. The number of furan rings is 1. The summed E-state index contributed by atoms with van der Waals surface area (Å²) < 4.78 is 10.4. The molecular weight excluding hydrogens is 216 g/mol. The van der Waals surface area contributed by atoms with Crippen LogP contribution in [0.15, 0.2) is 53.3 Å². The van der Waals surface area contributed by atoms with E-state index < -0.39 is 6.10 Å². The summed E-state index contributed by atoms with van der Waals surface area (Å²) >= 11 is 0. The molecule has 3 nitrogen and oxygen atoms in total. The van der Waals surface area contributed by atoms with E-state index >= 15 is 0 Å². The van der Waals surface area contributed by atoms with Crippen LogP contribution in [0.1, 0.15) is 28.9 Å². The Bertz CT molecular complexity index is 459. The number of rotatable bonds is 5. The summed E-state index contributed by atoms with van der Waals surface area (Å²) in [6.45, 7) is 2.36. The highest BCUT2D eigenvalue weighted by Gasteiger charge is 2.22. The van der Waals surface area contributed by atoms with Crippen molar-refractivity contribution in [3.8, 4) is 0 Å². The summed E-state index contributed by atoms with van der Waals surface area (Å²) in [7, 11) is 0. The zero-order valence-electron chi connectivity index (χ0n) is 9.63. The molecule has 0 radical (unpaired) electrons. The van der Waals surface area contributed by atoms with Crippen LogP contribution in [0.5, 0.6) is 0 Å². The smallest absolute Gasteiger partial charge is 0.199 e. The molecule has 3 heteroatoms. The van der Waals surface area contributed by atoms with Gasteiger partial charge >= 0.3 is 0 Å². The Morgan fingerprint density at radius 2 is 2.06 bits per heavy atom. The molecule has 17 heavy (non-hydrogen) atoms. The Kier molecular flexibility index (Phi) is 3.73. The quantitative estimate of drug-likeness (QED) is 0.740. The Balaban J connectivity index is 2.27. The van der Waals surface area contributed by atoms with Gasteiger partial charge in [0.05, 0.1) is 11.8 Å². The van der Waals surface area contributed by atoms with Crippen LogP contribution in [0.25, 0.3) is 0 Å². The summed E-state index contributed by atoms with van der Waals surface area (Å²) in [5.74, 6) is -0.0770. The minimum absolute atomic E-state index is 0.0770. The van der Waals surface area contributed by atoms with Crippen LogP contribution in [-0.2, 0) is 4.74 Å². The van der Waals surface area contributed by atoms with Gasteiger partial charge in [-0.3, -0.25) is 4.79 Å². The summed E-state index contributed by atoms with van der Waals surface area (Å²) in [5, 5.41) is 0. The van der Waals surface area contributed by atoms with Crippen LogP contribution in [0, 0.1) is 0 Å². The fourth-order valence-electron chi connectivity index (χ4n) is 1.67. The molecule has 2 rings (SSSR count). The number of ether oxygens (including phenoxy) is 1. The maximum Gasteiger partial charge on any atom is 0.199 e. The molecule has 0 aliphatic heterocycles. The van der Waals surface area contributed by atoms with Gasteiger partial charge in [0.2, 0.25) is 0 Å². The predicted molar refractivity (Wildman–Crippen MR) is 63.8 cm³/mol. The fraction of sp³-hybridized carbons (Fsp3) is 0.214. The van der Waals surface area contributed by atoms with Gasteiger partial charge in [0.15, 0.2) is 5.78 Å². The molecule has 0 spiro atoms. The summed E-state index contributed by atoms with van der Waals surface area (Å²) in [6.07, 6.45) is 2.37. The first-order valence-electron chi connectivity index (χ1n) is 5.56. The standard InChI is InChI=1S/C14H14O3/c1-2-17-14(11-6-4-3-5-7-11)13(15)12-8-9-16-10-12/h3-10,14H,2H2,1H3. The van der Waals surface area contributed by atoms with E-state index in [0.717, 1.165) is 5.56 Å². The molecule has 1 unspecified atom stereocenters. The van der Waals surface area contributed by atoms with Crippen molar-refractivity contribution in [3.63, 3.8) is 0 Å². The number of ketones is 1. The van der Waals surface area contributed by atoms with Gasteiger partial charge < -0.3 is 9.15 Å². The lowest BCUT2D eigenvalue weighted by molar-refractivity contribution is 0.0452. The number of carbonyl (C=O) groups excluding carboxylic acids is 1. The molecule has 2 aromatic rings. The lowest BCUT2D eigenvalue weighted by Crippen LogP contribution is -2.15. The van der Waals surface area contributed by atoms with Crippen molar-refractivity contribution < 1.29 is 13.9 Å². The van der Waals surface area contributed by atoms with Crippen LogP contribution in [0.2, 0.25) is 0 Å². The van der Waals surface area contributed by atoms with Crippen molar-refractivity contribution in [2.75, 3.05) is 6.61 Å². The largest absolute Gasteiger partial charge is 0.472 e. The Morgan fingerprint density at radius 3 is 2.65 bits per heavy atom. The second-order valence-electron chi connectivity index (χ2n) is 3.62. The predicted octanol–water partition coefficient (Wildman–Crippen LogP) is 3.24. The highest BCUT2D eigenvalue weighted by molar-refractivity contribution is 5.99. The molecule has 0 aliphatic carbocycles. The van der Waals surface area contributed by atoms with Gasteiger partial charge in [-0.15, -0.1) is 0 Å². The number of hydrogen-bond donors (Lipinski definition) is 0. The number of carbonyl (C=O) groups is 1. The lowest BCUT2D eigenvalue weighted by atomic mass is 10.0. The molecule has 1 aromatic heterocycles. The van der Waals surface area contributed by atoms with E-state index in [1.54, 1.807) is 6.07 Å². The molecule has 1 aromatic carbocycles. The van der Waals surface area contributed by atoms with Crippen LogP contribution in [0.3, 0.4) is 0 Å². The van der Waals surface area contributed by atoms with Gasteiger partial charge in [-0.05, 0) is 18.6 Å². The van der Waals surface area contributed by atoms with Crippen LogP contribution >= 0.6 is 0 Å². The van der Waals surface area contributed by atoms with Crippen molar-refractivity contribution in [2.45, 2.75) is 13.0 Å². The molecule has 0 fully saturated rings. The van der Waals surface area contributed by atoms with E-state index in [-0.39, 0.29) is 5.78 Å². The summed E-state index contributed by atoms with van der Waals surface area (Å²) in [4.78, 5) is 12.2. The lowest BCUT2D eigenvalue weighted by Gasteiger charge is -2.15. The first-order valence-corrected chi connectivity index (χ1v) is 5.56. The first kappa shape index (κ1) is 11.6. The van der Waals surface area contributed by atoms with Crippen LogP contribution < -0.4 is 0 Å². The van der Waals surface area contributed by atoms with Crippen molar-refractivity contribution in [2.24, 2.45) is 0 Å². The number of Topliss-reactive ketones (excluding diaryl/α,β-unsaturated/α-hetero) is 1. The zero-order valence-corrected chi connectivity index (χ0v) is 9.63. The van der Waals surface area contributed by atoms with Gasteiger partial charge in [-0.1, -0.05) is 30.3 Å². The highest BCUT2D eigenvalue weighted by atomic mass is 16.5. The second kappa shape index (κ2) is 5.46. The maximum atomic E-state index is 12.2. The minimum atomic E-state index is -0.557. The third-order valence-electron chi connectivity index (χ3n) is 2.48. The van der Waals surface area contributed by atoms with Gasteiger partial charge in [-0.25, -0.2) is 0 Å². The van der Waals surface area contributed by atoms with Gasteiger partial charge in [0, 0.05) is 6.61 Å². The average Bonchev–Trinajstić information content (AvgIpc) is 2.90. The number of benzene rings is 1. The molecule has 88 valence electrons. The van der Waals surface area contributed by atoms with E-state index in [1.807, 2.05) is 37.3 Å². The molecule has 0 N–H and O–H groups in total. The Hall–Kier alpha value is -1.87. The van der Waals surface area contributed by atoms with E-state index in [1.165, 1.54) is 12.5 Å². The van der Waals surface area contributed by atoms with E-state index in [9.17, 15) is 4.79 Å². The molecule has 1 heterocycles.